The summed E-state index contributed by atoms with van der Waals surface area (Å²) in [6.45, 7) is 6.86. The molecule has 1 fully saturated rings. The summed E-state index contributed by atoms with van der Waals surface area (Å²) in [5.41, 5.74) is 3.13. The van der Waals surface area contributed by atoms with Crippen LogP contribution in [0.1, 0.15) is 40.0 Å². The molecule has 0 aromatic carbocycles. The lowest BCUT2D eigenvalue weighted by atomic mass is 9.74. The van der Waals surface area contributed by atoms with Crippen molar-refractivity contribution in [2.75, 3.05) is 0 Å². The zero-order valence-corrected chi connectivity index (χ0v) is 9.06. The van der Waals surface area contributed by atoms with Crippen LogP contribution in [0.15, 0.2) is 11.1 Å². The monoisotopic (exact) mass is 186 g/mol. The smallest absolute Gasteiger partial charge is 0.00344 e. The van der Waals surface area contributed by atoms with Crippen molar-refractivity contribution in [2.24, 2.45) is 17.8 Å². The van der Waals surface area contributed by atoms with Crippen molar-refractivity contribution in [3.05, 3.63) is 11.1 Å². The highest BCUT2D eigenvalue weighted by atomic mass is 35.5. The van der Waals surface area contributed by atoms with Crippen molar-refractivity contribution >= 4 is 11.6 Å². The number of rotatable bonds is 1. The van der Waals surface area contributed by atoms with Crippen LogP contribution in [0.4, 0.5) is 0 Å². The second kappa shape index (κ2) is 4.32. The summed E-state index contributed by atoms with van der Waals surface area (Å²) in [5, 5.41) is 0. The molecule has 0 heterocycles. The molecule has 0 aromatic rings. The molecule has 70 valence electrons. The minimum Gasteiger partial charge on any atom is -0.0930 e. The fraction of sp³-hybridized carbons (Fsp3) is 0.818. The Morgan fingerprint density at radius 2 is 1.67 bits per heavy atom. The summed E-state index contributed by atoms with van der Waals surface area (Å²) in [4.78, 5) is 0. The number of hydrogen-bond acceptors (Lipinski definition) is 0. The van der Waals surface area contributed by atoms with Gasteiger partial charge in [0.05, 0.1) is 0 Å². The Bertz CT molecular complexity index is 162. The van der Waals surface area contributed by atoms with Gasteiger partial charge < -0.3 is 0 Å². The first-order valence-electron chi connectivity index (χ1n) is 4.90. The van der Waals surface area contributed by atoms with E-state index in [-0.39, 0.29) is 0 Å². The maximum Gasteiger partial charge on any atom is 0.00344 e. The summed E-state index contributed by atoms with van der Waals surface area (Å²) < 4.78 is 0. The topological polar surface area (TPSA) is 0 Å². The molecule has 0 N–H and O–H groups in total. The quantitative estimate of drug-likeness (QED) is 0.576. The van der Waals surface area contributed by atoms with Crippen LogP contribution in [-0.4, -0.2) is 0 Å². The van der Waals surface area contributed by atoms with Gasteiger partial charge >= 0.3 is 0 Å². The van der Waals surface area contributed by atoms with Gasteiger partial charge in [-0.25, -0.2) is 0 Å². The first-order chi connectivity index (χ1) is 5.63. The van der Waals surface area contributed by atoms with Crippen LogP contribution in [0.5, 0.6) is 0 Å². The average Bonchev–Trinajstić information content (AvgIpc) is 2.01. The second-order valence-electron chi connectivity index (χ2n) is 4.47. The molecular formula is C11H19Cl. The summed E-state index contributed by atoms with van der Waals surface area (Å²) in [5.74, 6) is 2.51. The van der Waals surface area contributed by atoms with Crippen LogP contribution in [0.2, 0.25) is 0 Å². The number of hydrogen-bond donors (Lipinski definition) is 0. The normalized spacial score (nSPS) is 38.3. The molecular weight excluding hydrogens is 168 g/mol. The molecule has 0 amide bonds. The van der Waals surface area contributed by atoms with Crippen LogP contribution in [-0.2, 0) is 0 Å². The molecule has 1 heteroatoms. The van der Waals surface area contributed by atoms with Gasteiger partial charge in [-0.1, -0.05) is 31.0 Å². The van der Waals surface area contributed by atoms with Crippen molar-refractivity contribution in [3.8, 4) is 0 Å². The first-order valence-corrected chi connectivity index (χ1v) is 5.34. The van der Waals surface area contributed by atoms with E-state index in [1.807, 2.05) is 0 Å². The number of allylic oxidation sites excluding steroid dienone is 1. The lowest BCUT2D eigenvalue weighted by molar-refractivity contribution is 0.244. The van der Waals surface area contributed by atoms with Crippen LogP contribution in [0.25, 0.3) is 0 Å². The molecule has 2 unspecified atom stereocenters. The van der Waals surface area contributed by atoms with Crippen molar-refractivity contribution in [1.29, 1.82) is 0 Å². The van der Waals surface area contributed by atoms with Gasteiger partial charge in [-0.3, -0.25) is 0 Å². The highest BCUT2D eigenvalue weighted by Gasteiger charge is 2.24. The van der Waals surface area contributed by atoms with Gasteiger partial charge in [-0.15, -0.1) is 0 Å². The Labute approximate surface area is 81.0 Å². The van der Waals surface area contributed by atoms with Gasteiger partial charge in [-0.2, -0.15) is 0 Å². The van der Waals surface area contributed by atoms with Gasteiger partial charge in [0.15, 0.2) is 0 Å². The Morgan fingerprint density at radius 1 is 1.17 bits per heavy atom. The third kappa shape index (κ3) is 2.52. The lowest BCUT2D eigenvalue weighted by Gasteiger charge is -2.31. The van der Waals surface area contributed by atoms with E-state index < -0.39 is 0 Å². The third-order valence-electron chi connectivity index (χ3n) is 2.99. The molecule has 2 atom stereocenters. The summed E-state index contributed by atoms with van der Waals surface area (Å²) in [7, 11) is 0. The van der Waals surface area contributed by atoms with E-state index in [0.29, 0.717) is 0 Å². The highest BCUT2D eigenvalue weighted by molar-refractivity contribution is 6.25. The first kappa shape index (κ1) is 10.1. The summed E-state index contributed by atoms with van der Waals surface area (Å²) >= 11 is 5.72. The van der Waals surface area contributed by atoms with Crippen LogP contribution >= 0.6 is 11.6 Å². The second-order valence-corrected chi connectivity index (χ2v) is 4.69. The van der Waals surface area contributed by atoms with E-state index >= 15 is 0 Å². The Kier molecular flexibility index (Phi) is 3.64. The highest BCUT2D eigenvalue weighted by Crippen LogP contribution is 2.36. The summed E-state index contributed by atoms with van der Waals surface area (Å²) in [6.07, 6.45) is 4.06. The summed E-state index contributed by atoms with van der Waals surface area (Å²) in [6, 6.07) is 0. The predicted molar refractivity (Wildman–Crippen MR) is 55.3 cm³/mol. The molecule has 0 saturated heterocycles. The van der Waals surface area contributed by atoms with Crippen molar-refractivity contribution in [2.45, 2.75) is 40.0 Å². The van der Waals surface area contributed by atoms with Crippen LogP contribution < -0.4 is 0 Å². The molecule has 0 bridgehead atoms. The molecule has 12 heavy (non-hydrogen) atoms. The van der Waals surface area contributed by atoms with Gasteiger partial charge in [-0.05, 0) is 43.9 Å². The van der Waals surface area contributed by atoms with E-state index in [2.05, 4.69) is 20.8 Å². The molecule has 0 spiro atoms. The van der Waals surface area contributed by atoms with E-state index in [9.17, 15) is 0 Å². The Morgan fingerprint density at radius 3 is 2.08 bits per heavy atom. The molecule has 1 aliphatic carbocycles. The Balaban J connectivity index is 2.55. The fourth-order valence-electron chi connectivity index (χ4n) is 2.41. The van der Waals surface area contributed by atoms with Gasteiger partial charge in [0.25, 0.3) is 0 Å². The van der Waals surface area contributed by atoms with E-state index in [1.165, 1.54) is 24.8 Å². The van der Waals surface area contributed by atoms with Gasteiger partial charge in [0.1, 0.15) is 0 Å². The van der Waals surface area contributed by atoms with Crippen LogP contribution in [0.3, 0.4) is 0 Å². The zero-order chi connectivity index (χ0) is 9.14. The van der Waals surface area contributed by atoms with Gasteiger partial charge in [0.2, 0.25) is 0 Å². The Hall–Kier alpha value is 0.0300. The van der Waals surface area contributed by atoms with Gasteiger partial charge in [0, 0.05) is 5.54 Å². The largest absolute Gasteiger partial charge is 0.0930 e. The maximum atomic E-state index is 5.72. The SMILES string of the molecule is C/C(=C\Cl)C1CC(C)CC(C)C1. The standard InChI is InChI=1S/C11H19Cl/c1-8-4-9(2)6-11(5-8)10(3)7-12/h7-9,11H,4-6H2,1-3H3/b10-7+. The minimum absolute atomic E-state index is 0.751. The third-order valence-corrected chi connectivity index (χ3v) is 3.34. The maximum absolute atomic E-state index is 5.72. The molecule has 0 aromatic heterocycles. The fourth-order valence-corrected chi connectivity index (χ4v) is 2.59. The molecule has 1 saturated carbocycles. The average molecular weight is 187 g/mol. The molecule has 1 rings (SSSR count). The molecule has 1 aliphatic rings. The molecule has 0 aliphatic heterocycles. The van der Waals surface area contributed by atoms with E-state index in [0.717, 1.165) is 17.8 Å². The van der Waals surface area contributed by atoms with E-state index in [4.69, 9.17) is 11.6 Å². The lowest BCUT2D eigenvalue weighted by Crippen LogP contribution is -2.20. The van der Waals surface area contributed by atoms with E-state index in [1.54, 1.807) is 5.54 Å². The molecule has 0 nitrogen and oxygen atoms in total. The van der Waals surface area contributed by atoms with Crippen LogP contribution in [0, 0.1) is 17.8 Å². The van der Waals surface area contributed by atoms with Crippen molar-refractivity contribution in [3.63, 3.8) is 0 Å². The molecule has 0 radical (unpaired) electrons. The van der Waals surface area contributed by atoms with Crippen molar-refractivity contribution < 1.29 is 0 Å². The van der Waals surface area contributed by atoms with Crippen molar-refractivity contribution in [1.82, 2.24) is 0 Å². The zero-order valence-electron chi connectivity index (χ0n) is 8.31. The number of halogens is 1. The minimum atomic E-state index is 0.751. The predicted octanol–water partition coefficient (Wildman–Crippen LogP) is 4.20.